The first kappa shape index (κ1) is 73.8. The molecule has 0 aliphatic rings. The van der Waals surface area contributed by atoms with E-state index in [-0.39, 0.29) is 31.1 Å². The quantitative estimate of drug-likeness (QED) is 0.0261. The average molecular weight is 1080 g/mol. The smallest absolute Gasteiger partial charge is 0.306 e. The highest BCUT2D eigenvalue weighted by molar-refractivity contribution is 5.71. The van der Waals surface area contributed by atoms with E-state index in [9.17, 15) is 14.4 Å². The van der Waals surface area contributed by atoms with Gasteiger partial charge in [-0.25, -0.2) is 0 Å². The van der Waals surface area contributed by atoms with Crippen LogP contribution in [0.3, 0.4) is 0 Å². The van der Waals surface area contributed by atoms with Gasteiger partial charge in [-0.2, -0.15) is 0 Å². The molecule has 0 aromatic heterocycles. The molecule has 444 valence electrons. The van der Waals surface area contributed by atoms with E-state index in [4.69, 9.17) is 14.2 Å². The van der Waals surface area contributed by atoms with Crippen LogP contribution in [0, 0.1) is 0 Å². The summed E-state index contributed by atoms with van der Waals surface area (Å²) in [5.74, 6) is -0.913. The molecule has 0 N–H and O–H groups in total. The van der Waals surface area contributed by atoms with Crippen LogP contribution in [0.15, 0.2) is 122 Å². The first-order valence-corrected chi connectivity index (χ1v) is 32.5. The zero-order valence-electron chi connectivity index (χ0n) is 50.9. The van der Waals surface area contributed by atoms with Gasteiger partial charge in [0.15, 0.2) is 6.10 Å². The van der Waals surface area contributed by atoms with Crippen LogP contribution in [0.2, 0.25) is 0 Å². The normalized spacial score (nSPS) is 12.9. The molecule has 0 heterocycles. The third kappa shape index (κ3) is 62.7. The SMILES string of the molecule is CC/C=C\C/C=C\C/C=C\C/C=C\C/C=C\C/C=C\CCCCCCCCC(=O)OCC(COC(=O)CCCCCCCCC/C=C\C/C=C\C/C=C\CC)OC(=O)CCCCCCCCC/C=C\CCCCCCCCC. The van der Waals surface area contributed by atoms with Gasteiger partial charge in [0.2, 0.25) is 0 Å². The standard InChI is InChI=1S/C72H120O6/c1-4-7-10-13-16-19-22-25-28-31-33-34-35-36-37-38-39-42-44-47-50-53-56-59-62-65-71(74)77-68-69(67-76-70(73)64-61-58-55-52-49-46-43-40-30-27-24-21-18-15-12-9-6-3)78-72(75)66-63-60-57-54-51-48-45-41-32-29-26-23-20-17-14-11-8-5-2/h7,9-10,12,16,18-19,21,25,27-30,32-34,36-37,39,42,69H,4-6,8,11,13-15,17,20,22-24,26,31,35,38,40-41,43-68H2,1-3H3/b10-7-,12-9-,19-16-,21-18-,28-25-,30-27-,32-29-,34-33-,37-36-,42-39-. The molecule has 0 radical (unpaired) electrons. The Balaban J connectivity index is 4.43. The van der Waals surface area contributed by atoms with Crippen LogP contribution in [0.1, 0.15) is 297 Å². The van der Waals surface area contributed by atoms with Crippen LogP contribution in [-0.4, -0.2) is 37.2 Å². The van der Waals surface area contributed by atoms with Crippen LogP contribution in [-0.2, 0) is 28.6 Å². The topological polar surface area (TPSA) is 78.9 Å². The molecule has 1 atom stereocenters. The first-order chi connectivity index (χ1) is 38.5. The predicted octanol–water partition coefficient (Wildman–Crippen LogP) is 22.4. The maximum Gasteiger partial charge on any atom is 0.306 e. The molecule has 0 amide bonds. The summed E-state index contributed by atoms with van der Waals surface area (Å²) in [5.41, 5.74) is 0. The van der Waals surface area contributed by atoms with Gasteiger partial charge in [0, 0.05) is 19.3 Å². The third-order valence-corrected chi connectivity index (χ3v) is 13.7. The summed E-state index contributed by atoms with van der Waals surface area (Å²) in [6.07, 6.45) is 90.5. The molecule has 0 aromatic carbocycles. The van der Waals surface area contributed by atoms with Crippen LogP contribution in [0.4, 0.5) is 0 Å². The highest BCUT2D eigenvalue weighted by Gasteiger charge is 2.19. The second kappa shape index (κ2) is 65.3. The van der Waals surface area contributed by atoms with Gasteiger partial charge in [0.25, 0.3) is 0 Å². The molecule has 1 unspecified atom stereocenters. The van der Waals surface area contributed by atoms with E-state index in [0.29, 0.717) is 19.3 Å². The van der Waals surface area contributed by atoms with Crippen molar-refractivity contribution in [2.45, 2.75) is 303 Å². The summed E-state index contributed by atoms with van der Waals surface area (Å²) in [7, 11) is 0. The van der Waals surface area contributed by atoms with Crippen molar-refractivity contribution in [3.8, 4) is 0 Å². The number of hydrogen-bond donors (Lipinski definition) is 0. The number of ether oxygens (including phenoxy) is 3. The predicted molar refractivity (Wildman–Crippen MR) is 339 cm³/mol. The monoisotopic (exact) mass is 1080 g/mol. The van der Waals surface area contributed by atoms with Crippen molar-refractivity contribution in [2.24, 2.45) is 0 Å². The molecule has 6 heteroatoms. The van der Waals surface area contributed by atoms with E-state index in [1.54, 1.807) is 0 Å². The van der Waals surface area contributed by atoms with Gasteiger partial charge in [0.1, 0.15) is 13.2 Å². The first-order valence-electron chi connectivity index (χ1n) is 32.5. The molecule has 0 fully saturated rings. The maximum absolute atomic E-state index is 12.9. The Morgan fingerprint density at radius 1 is 0.269 bits per heavy atom. The van der Waals surface area contributed by atoms with Gasteiger partial charge in [-0.05, 0) is 128 Å². The summed E-state index contributed by atoms with van der Waals surface area (Å²) in [6, 6.07) is 0. The number of esters is 3. The molecule has 0 aromatic rings. The maximum atomic E-state index is 12.9. The summed E-state index contributed by atoms with van der Waals surface area (Å²) >= 11 is 0. The molecule has 0 saturated heterocycles. The Labute approximate surface area is 482 Å². The lowest BCUT2D eigenvalue weighted by Gasteiger charge is -2.18. The Morgan fingerprint density at radius 2 is 0.500 bits per heavy atom. The Hall–Kier alpha value is -4.19. The fourth-order valence-corrected chi connectivity index (χ4v) is 8.87. The van der Waals surface area contributed by atoms with Crippen LogP contribution >= 0.6 is 0 Å². The van der Waals surface area contributed by atoms with Gasteiger partial charge in [-0.1, -0.05) is 271 Å². The molecule has 0 spiro atoms. The van der Waals surface area contributed by atoms with Crippen molar-refractivity contribution in [1.29, 1.82) is 0 Å². The van der Waals surface area contributed by atoms with Gasteiger partial charge in [-0.3, -0.25) is 14.4 Å². The second-order valence-corrected chi connectivity index (χ2v) is 21.3. The third-order valence-electron chi connectivity index (χ3n) is 13.7. The Bertz CT molecular complexity index is 1620. The summed E-state index contributed by atoms with van der Waals surface area (Å²) < 4.78 is 16.9. The lowest BCUT2D eigenvalue weighted by molar-refractivity contribution is -0.167. The number of unbranched alkanes of at least 4 members (excludes halogenated alkanes) is 27. The minimum Gasteiger partial charge on any atom is -0.462 e. The molecule has 0 aliphatic carbocycles. The fraction of sp³-hybridized carbons (Fsp3) is 0.681. The largest absolute Gasteiger partial charge is 0.462 e. The summed E-state index contributed by atoms with van der Waals surface area (Å²) in [6.45, 7) is 6.41. The van der Waals surface area contributed by atoms with Crippen molar-refractivity contribution in [2.75, 3.05) is 13.2 Å². The molecular weight excluding hydrogens is 961 g/mol. The molecule has 78 heavy (non-hydrogen) atoms. The number of hydrogen-bond acceptors (Lipinski definition) is 6. The average Bonchev–Trinajstić information content (AvgIpc) is 3.44. The number of rotatable bonds is 58. The van der Waals surface area contributed by atoms with Gasteiger partial charge < -0.3 is 14.2 Å². The molecule has 6 nitrogen and oxygen atoms in total. The van der Waals surface area contributed by atoms with E-state index < -0.39 is 6.10 Å². The van der Waals surface area contributed by atoms with Crippen molar-refractivity contribution in [3.05, 3.63) is 122 Å². The van der Waals surface area contributed by atoms with Gasteiger partial charge in [0.05, 0.1) is 0 Å². The summed E-state index contributed by atoms with van der Waals surface area (Å²) in [5, 5.41) is 0. The zero-order valence-corrected chi connectivity index (χ0v) is 50.9. The molecular formula is C72H120O6. The van der Waals surface area contributed by atoms with Crippen molar-refractivity contribution in [1.82, 2.24) is 0 Å². The van der Waals surface area contributed by atoms with Gasteiger partial charge in [-0.15, -0.1) is 0 Å². The fourth-order valence-electron chi connectivity index (χ4n) is 8.87. The highest BCUT2D eigenvalue weighted by Crippen LogP contribution is 2.15. The molecule has 0 bridgehead atoms. The van der Waals surface area contributed by atoms with Crippen LogP contribution in [0.5, 0.6) is 0 Å². The summed E-state index contributed by atoms with van der Waals surface area (Å²) in [4.78, 5) is 38.4. The lowest BCUT2D eigenvalue weighted by Crippen LogP contribution is -2.30. The van der Waals surface area contributed by atoms with Crippen molar-refractivity contribution >= 4 is 17.9 Å². The minimum atomic E-state index is -0.796. The van der Waals surface area contributed by atoms with Crippen molar-refractivity contribution in [3.63, 3.8) is 0 Å². The highest BCUT2D eigenvalue weighted by atomic mass is 16.6. The van der Waals surface area contributed by atoms with E-state index in [2.05, 4.69) is 142 Å². The second-order valence-electron chi connectivity index (χ2n) is 21.3. The lowest BCUT2D eigenvalue weighted by atomic mass is 10.1. The van der Waals surface area contributed by atoms with Crippen molar-refractivity contribution < 1.29 is 28.6 Å². The number of carbonyl (C=O) groups is 3. The Morgan fingerprint density at radius 3 is 0.795 bits per heavy atom. The van der Waals surface area contributed by atoms with E-state index >= 15 is 0 Å². The number of allylic oxidation sites excluding steroid dienone is 20. The molecule has 0 saturated carbocycles. The molecule has 0 aliphatic heterocycles. The Kier molecular flexibility index (Phi) is 61.8. The number of carbonyl (C=O) groups excluding carboxylic acids is 3. The van der Waals surface area contributed by atoms with E-state index in [1.165, 1.54) is 122 Å². The van der Waals surface area contributed by atoms with Crippen LogP contribution in [0.25, 0.3) is 0 Å². The molecule has 0 rings (SSSR count). The zero-order chi connectivity index (χ0) is 56.4. The van der Waals surface area contributed by atoms with E-state index in [1.807, 2.05) is 0 Å². The van der Waals surface area contributed by atoms with E-state index in [0.717, 1.165) is 135 Å². The van der Waals surface area contributed by atoms with Gasteiger partial charge >= 0.3 is 17.9 Å². The minimum absolute atomic E-state index is 0.0915. The van der Waals surface area contributed by atoms with Crippen LogP contribution < -0.4 is 0 Å².